The zero-order valence-electron chi connectivity index (χ0n) is 46.5. The van der Waals surface area contributed by atoms with Crippen LogP contribution < -0.4 is 31.9 Å². The van der Waals surface area contributed by atoms with E-state index in [0.29, 0.717) is 31.2 Å². The summed E-state index contributed by atoms with van der Waals surface area (Å²) in [6.07, 6.45) is 1.19. The number of nitrogens with one attached hydrogen (secondary N) is 6. The molecule has 2 heterocycles. The van der Waals surface area contributed by atoms with Gasteiger partial charge in [-0.1, -0.05) is 97.9 Å². The molecule has 0 radical (unpaired) electrons. The fourth-order valence-electron chi connectivity index (χ4n) is 9.41. The summed E-state index contributed by atoms with van der Waals surface area (Å²) in [7, 11) is 1.23. The van der Waals surface area contributed by atoms with Crippen molar-refractivity contribution in [2.24, 2.45) is 23.7 Å². The Bertz CT molecular complexity index is 2320. The fourth-order valence-corrected chi connectivity index (χ4v) is 9.41. The highest BCUT2D eigenvalue weighted by atomic mass is 16.6. The van der Waals surface area contributed by atoms with Crippen LogP contribution in [0.25, 0.3) is 0 Å². The molecule has 0 aliphatic carbocycles. The van der Waals surface area contributed by atoms with Crippen molar-refractivity contribution in [2.45, 2.75) is 181 Å². The van der Waals surface area contributed by atoms with Gasteiger partial charge in [-0.15, -0.1) is 0 Å². The second-order valence-electron chi connectivity index (χ2n) is 22.6. The number of hydrogen-bond acceptors (Lipinski definition) is 12. The molecule has 2 aliphatic rings. The Kier molecular flexibility index (Phi) is 23.1. The van der Waals surface area contributed by atoms with Crippen LogP contribution in [0.5, 0.6) is 5.75 Å². The standard InChI is InChI=1S/C56H84N8O12/c1-32(2)28-39(47(66)57-41(30-36-18-14-13-15-19-36)50(69)62-46(35(7)8)54(73)75-12)59-51(70)43-20-16-26-63(43)52(71)44-21-17-27-64(44)53(72)45(34(5)6)61-49(68)42(31-37-22-24-38(65)25-23-37)58-48(67)40(29-33(3)4)60-55(74)76-56(9,10)11/h13-15,18-19,22-25,32-35,39-46,65H,16-17,20-21,26-31H2,1-12H3,(H,57,66)(H,58,67)(H,59,70)(H,60,74)(H,61,68)(H,62,69)/t39-,40-,41-,42-,43-,44+,45-,46-/m0/s1. The molecular weight excluding hydrogens is 977 g/mol. The van der Waals surface area contributed by atoms with E-state index in [2.05, 4.69) is 31.9 Å². The third-order valence-electron chi connectivity index (χ3n) is 13.3. The normalized spacial score (nSPS) is 18.0. The Hall–Kier alpha value is -6.73. The zero-order chi connectivity index (χ0) is 56.6. The van der Waals surface area contributed by atoms with E-state index >= 15 is 0 Å². The summed E-state index contributed by atoms with van der Waals surface area (Å²) in [5.74, 6) is -5.69. The van der Waals surface area contributed by atoms with Crippen LogP contribution in [0.4, 0.5) is 4.79 Å². The highest BCUT2D eigenvalue weighted by molar-refractivity contribution is 5.98. The zero-order valence-corrected chi connectivity index (χ0v) is 46.5. The number of methoxy groups -OCH3 is 1. The van der Waals surface area contributed by atoms with Crippen molar-refractivity contribution >= 4 is 53.4 Å². The SMILES string of the molecule is COC(=O)[C@@H](NC(=O)[C@H](Cc1ccccc1)NC(=O)[C@H](CC(C)C)NC(=O)[C@@H]1CCCN1C(=O)[C@H]1CCCN1C(=O)[C@@H](NC(=O)[C@H](Cc1ccc(O)cc1)NC(=O)[C@H](CC(C)C)NC(=O)OC(C)(C)C)C(C)C)C(C)C. The number of amides is 8. The van der Waals surface area contributed by atoms with Gasteiger partial charge < -0.3 is 56.3 Å². The average molecular weight is 1060 g/mol. The first-order valence-corrected chi connectivity index (χ1v) is 26.7. The minimum atomic E-state index is -1.25. The Morgan fingerprint density at radius 3 is 1.53 bits per heavy atom. The van der Waals surface area contributed by atoms with Crippen molar-refractivity contribution < 1.29 is 57.7 Å². The Labute approximate surface area is 448 Å². The molecule has 0 aromatic heterocycles. The fraction of sp³-hybridized carbons (Fsp3) is 0.625. The topological polar surface area (TPSA) is 271 Å². The number of esters is 1. The van der Waals surface area contributed by atoms with Crippen LogP contribution in [0.1, 0.15) is 126 Å². The summed E-state index contributed by atoms with van der Waals surface area (Å²) < 4.78 is 10.3. The maximum atomic E-state index is 14.7. The summed E-state index contributed by atoms with van der Waals surface area (Å²) in [5, 5.41) is 26.7. The molecule has 0 bridgehead atoms. The van der Waals surface area contributed by atoms with E-state index in [4.69, 9.17) is 9.47 Å². The van der Waals surface area contributed by atoms with Crippen LogP contribution in [0.2, 0.25) is 0 Å². The summed E-state index contributed by atoms with van der Waals surface area (Å²) in [6, 6.07) is 6.50. The maximum Gasteiger partial charge on any atom is 0.408 e. The molecule has 420 valence electrons. The number of rotatable bonds is 24. The Balaban J connectivity index is 1.53. The van der Waals surface area contributed by atoms with Crippen LogP contribution in [0.15, 0.2) is 54.6 Å². The van der Waals surface area contributed by atoms with Crippen LogP contribution in [-0.4, -0.2) is 142 Å². The molecule has 76 heavy (non-hydrogen) atoms. The number of nitrogens with zero attached hydrogens (tertiary/aromatic N) is 2. The van der Waals surface area contributed by atoms with Gasteiger partial charge in [0.25, 0.3) is 0 Å². The van der Waals surface area contributed by atoms with Crippen molar-refractivity contribution in [1.82, 2.24) is 41.7 Å². The lowest BCUT2D eigenvalue weighted by Gasteiger charge is -2.34. The number of alkyl carbamates (subject to hydrolysis) is 1. The second-order valence-corrected chi connectivity index (χ2v) is 22.6. The highest BCUT2D eigenvalue weighted by Gasteiger charge is 2.45. The minimum Gasteiger partial charge on any atom is -0.508 e. The predicted molar refractivity (Wildman–Crippen MR) is 285 cm³/mol. The number of carbonyl (C=O) groups excluding carboxylic acids is 9. The lowest BCUT2D eigenvalue weighted by Crippen LogP contribution is -2.61. The van der Waals surface area contributed by atoms with Crippen molar-refractivity contribution in [3.05, 3.63) is 65.7 Å². The first kappa shape index (κ1) is 61.8. The number of likely N-dealkylation sites (tertiary alicyclic amines) is 2. The molecule has 2 fully saturated rings. The highest BCUT2D eigenvalue weighted by Crippen LogP contribution is 2.27. The second kappa shape index (κ2) is 28.4. The van der Waals surface area contributed by atoms with Crippen molar-refractivity contribution in [3.63, 3.8) is 0 Å². The number of aromatic hydroxyl groups is 1. The van der Waals surface area contributed by atoms with E-state index in [-0.39, 0.29) is 62.3 Å². The molecule has 2 aliphatic heterocycles. The smallest absolute Gasteiger partial charge is 0.408 e. The molecule has 0 spiro atoms. The van der Waals surface area contributed by atoms with Gasteiger partial charge in [0, 0.05) is 25.9 Å². The predicted octanol–water partition coefficient (Wildman–Crippen LogP) is 4.05. The molecule has 2 aromatic carbocycles. The van der Waals surface area contributed by atoms with E-state index in [9.17, 15) is 48.3 Å². The number of ether oxygens (including phenoxy) is 2. The van der Waals surface area contributed by atoms with Crippen LogP contribution in [0, 0.1) is 23.7 Å². The largest absolute Gasteiger partial charge is 0.508 e. The van der Waals surface area contributed by atoms with Crippen LogP contribution >= 0.6 is 0 Å². The molecule has 2 aromatic rings. The molecule has 0 unspecified atom stereocenters. The van der Waals surface area contributed by atoms with Gasteiger partial charge in [0.05, 0.1) is 7.11 Å². The average Bonchev–Trinajstić information content (AvgIpc) is 4.05. The molecular formula is C56H84N8O12. The third kappa shape index (κ3) is 18.5. The number of hydrogen-bond donors (Lipinski definition) is 7. The number of phenols is 1. The van der Waals surface area contributed by atoms with Gasteiger partial charge in [-0.3, -0.25) is 33.6 Å². The van der Waals surface area contributed by atoms with E-state index in [1.165, 1.54) is 29.0 Å². The van der Waals surface area contributed by atoms with Gasteiger partial charge in [-0.2, -0.15) is 0 Å². The van der Waals surface area contributed by atoms with Gasteiger partial charge in [-0.05, 0) is 106 Å². The molecule has 8 atom stereocenters. The van der Waals surface area contributed by atoms with Gasteiger partial charge in [-0.25, -0.2) is 9.59 Å². The first-order chi connectivity index (χ1) is 35.7. The lowest BCUT2D eigenvalue weighted by atomic mass is 9.99. The molecule has 2 saturated heterocycles. The van der Waals surface area contributed by atoms with Crippen molar-refractivity contribution in [3.8, 4) is 5.75 Å². The van der Waals surface area contributed by atoms with Gasteiger partial charge in [0.2, 0.25) is 41.4 Å². The Morgan fingerprint density at radius 1 is 0.579 bits per heavy atom. The minimum absolute atomic E-state index is 0.00250. The number of benzene rings is 2. The van der Waals surface area contributed by atoms with E-state index < -0.39 is 113 Å². The quantitative estimate of drug-likeness (QED) is 0.0735. The maximum absolute atomic E-state index is 14.7. The molecule has 20 heteroatoms. The van der Waals surface area contributed by atoms with Crippen molar-refractivity contribution in [1.29, 1.82) is 0 Å². The first-order valence-electron chi connectivity index (χ1n) is 26.7. The van der Waals surface area contributed by atoms with Crippen molar-refractivity contribution in [2.75, 3.05) is 20.2 Å². The molecule has 4 rings (SSSR count). The van der Waals surface area contributed by atoms with Gasteiger partial charge in [0.1, 0.15) is 59.7 Å². The number of phenolic OH excluding ortho intramolecular Hbond substituents is 1. The molecule has 0 saturated carbocycles. The van der Waals surface area contributed by atoms with Gasteiger partial charge in [0.15, 0.2) is 0 Å². The summed E-state index contributed by atoms with van der Waals surface area (Å²) in [4.78, 5) is 128. The van der Waals surface area contributed by atoms with E-state index in [1.807, 2.05) is 45.9 Å². The summed E-state index contributed by atoms with van der Waals surface area (Å²) in [6.45, 7) is 20.0. The lowest BCUT2D eigenvalue weighted by molar-refractivity contribution is -0.148. The van der Waals surface area contributed by atoms with Gasteiger partial charge >= 0.3 is 12.1 Å². The van der Waals surface area contributed by atoms with E-state index in [0.717, 1.165) is 5.56 Å². The third-order valence-corrected chi connectivity index (χ3v) is 13.3. The molecule has 7 N–H and O–H groups in total. The molecule has 20 nitrogen and oxygen atoms in total. The summed E-state index contributed by atoms with van der Waals surface area (Å²) >= 11 is 0. The van der Waals surface area contributed by atoms with E-state index in [1.54, 1.807) is 72.7 Å². The van der Waals surface area contributed by atoms with Crippen LogP contribution in [-0.2, 0) is 60.7 Å². The number of carbonyl (C=O) groups is 9. The Morgan fingerprint density at radius 2 is 1.04 bits per heavy atom. The monoisotopic (exact) mass is 1060 g/mol. The molecule has 8 amide bonds. The van der Waals surface area contributed by atoms with Crippen LogP contribution in [0.3, 0.4) is 0 Å². The summed E-state index contributed by atoms with van der Waals surface area (Å²) in [5.41, 5.74) is 0.491.